The number of rotatable bonds is 9. The molecule has 1 rings (SSSR count). The first-order valence-corrected chi connectivity index (χ1v) is 8.65. The molecule has 1 N–H and O–H groups in total. The topological polar surface area (TPSA) is 30.5 Å². The smallest absolute Gasteiger partial charge is 0.0700 e. The van der Waals surface area contributed by atoms with Gasteiger partial charge in [-0.1, -0.05) is 20.8 Å². The van der Waals surface area contributed by atoms with Gasteiger partial charge in [0.15, 0.2) is 0 Å². The van der Waals surface area contributed by atoms with Gasteiger partial charge in [-0.25, -0.2) is 0 Å². The second kappa shape index (κ2) is 9.12. The summed E-state index contributed by atoms with van der Waals surface area (Å²) in [6.45, 7) is 10.6. The van der Waals surface area contributed by atoms with Crippen molar-refractivity contribution < 1.29 is 9.47 Å². The van der Waals surface area contributed by atoms with Gasteiger partial charge >= 0.3 is 0 Å². The molecule has 1 fully saturated rings. The van der Waals surface area contributed by atoms with Gasteiger partial charge in [-0.05, 0) is 62.3 Å². The zero-order valence-electron chi connectivity index (χ0n) is 15.0. The summed E-state index contributed by atoms with van der Waals surface area (Å²) in [5.41, 5.74) is 0.968. The van der Waals surface area contributed by atoms with Gasteiger partial charge in [0.05, 0.1) is 13.2 Å². The minimum Gasteiger partial charge on any atom is -0.382 e. The van der Waals surface area contributed by atoms with E-state index >= 15 is 0 Å². The summed E-state index contributed by atoms with van der Waals surface area (Å²) in [5, 5.41) is 3.43. The first-order valence-electron chi connectivity index (χ1n) is 8.65. The van der Waals surface area contributed by atoms with Crippen molar-refractivity contribution >= 4 is 0 Å². The highest BCUT2D eigenvalue weighted by Gasteiger charge is 2.37. The highest BCUT2D eigenvalue weighted by Crippen LogP contribution is 2.47. The average molecular weight is 299 g/mol. The monoisotopic (exact) mass is 299 g/mol. The van der Waals surface area contributed by atoms with E-state index in [9.17, 15) is 0 Å². The van der Waals surface area contributed by atoms with Crippen molar-refractivity contribution in [3.63, 3.8) is 0 Å². The van der Waals surface area contributed by atoms with Gasteiger partial charge in [-0.2, -0.15) is 0 Å². The summed E-state index contributed by atoms with van der Waals surface area (Å²) < 4.78 is 10.6. The molecule has 0 aliphatic heterocycles. The van der Waals surface area contributed by atoms with Crippen molar-refractivity contribution in [3.05, 3.63) is 0 Å². The van der Waals surface area contributed by atoms with Crippen molar-refractivity contribution in [3.8, 4) is 0 Å². The molecule has 0 aromatic carbocycles. The SMILES string of the molecule is CNCC1(CCCOCCOC)CCC(C(C)(C)C)CC1. The summed E-state index contributed by atoms with van der Waals surface area (Å²) in [7, 11) is 3.81. The molecule has 0 bridgehead atoms. The molecule has 21 heavy (non-hydrogen) atoms. The van der Waals surface area contributed by atoms with Crippen molar-refractivity contribution in [1.82, 2.24) is 5.32 Å². The Morgan fingerprint density at radius 3 is 2.29 bits per heavy atom. The van der Waals surface area contributed by atoms with Crippen LogP contribution in [0.2, 0.25) is 0 Å². The molecule has 3 nitrogen and oxygen atoms in total. The second-order valence-corrected chi connectivity index (χ2v) is 7.88. The Labute approximate surface area is 132 Å². The fourth-order valence-corrected chi connectivity index (χ4v) is 3.78. The van der Waals surface area contributed by atoms with Crippen LogP contribution in [0, 0.1) is 16.7 Å². The van der Waals surface area contributed by atoms with Crippen molar-refractivity contribution in [2.45, 2.75) is 59.3 Å². The zero-order valence-corrected chi connectivity index (χ0v) is 15.0. The van der Waals surface area contributed by atoms with E-state index in [1.807, 2.05) is 0 Å². The molecule has 0 radical (unpaired) electrons. The van der Waals surface area contributed by atoms with Crippen LogP contribution in [-0.2, 0) is 9.47 Å². The third-order valence-corrected chi connectivity index (χ3v) is 5.25. The molecule has 0 spiro atoms. The summed E-state index contributed by atoms with van der Waals surface area (Å²) in [6.07, 6.45) is 7.97. The van der Waals surface area contributed by atoms with E-state index in [0.717, 1.165) is 25.7 Å². The quantitative estimate of drug-likeness (QED) is 0.656. The molecule has 0 unspecified atom stereocenters. The predicted molar refractivity (Wildman–Crippen MR) is 89.7 cm³/mol. The van der Waals surface area contributed by atoms with Crippen molar-refractivity contribution in [2.24, 2.45) is 16.7 Å². The second-order valence-electron chi connectivity index (χ2n) is 7.88. The standard InChI is InChI=1S/C18H37NO2/c1-17(2,3)16-7-10-18(11-8-16,15-19-4)9-6-12-21-14-13-20-5/h16,19H,6-15H2,1-5H3. The minimum absolute atomic E-state index is 0.467. The fourth-order valence-electron chi connectivity index (χ4n) is 3.78. The van der Waals surface area contributed by atoms with E-state index in [2.05, 4.69) is 33.1 Å². The lowest BCUT2D eigenvalue weighted by Gasteiger charge is -2.44. The number of nitrogens with one attached hydrogen (secondary N) is 1. The first kappa shape index (κ1) is 18.9. The van der Waals surface area contributed by atoms with E-state index in [1.165, 1.54) is 38.5 Å². The van der Waals surface area contributed by atoms with Crippen LogP contribution in [0.5, 0.6) is 0 Å². The third kappa shape index (κ3) is 6.66. The highest BCUT2D eigenvalue weighted by molar-refractivity contribution is 4.90. The third-order valence-electron chi connectivity index (χ3n) is 5.25. The molecule has 1 aliphatic carbocycles. The maximum Gasteiger partial charge on any atom is 0.0700 e. The molecule has 1 saturated carbocycles. The average Bonchev–Trinajstić information content (AvgIpc) is 2.43. The zero-order chi connectivity index (χ0) is 15.8. The Bertz CT molecular complexity index is 265. The van der Waals surface area contributed by atoms with Crippen LogP contribution >= 0.6 is 0 Å². The molecule has 0 heterocycles. The lowest BCUT2D eigenvalue weighted by Crippen LogP contribution is -2.39. The highest BCUT2D eigenvalue weighted by atomic mass is 16.5. The normalized spacial score (nSPS) is 27.0. The van der Waals surface area contributed by atoms with Gasteiger partial charge in [0.25, 0.3) is 0 Å². The van der Waals surface area contributed by atoms with Crippen LogP contribution in [0.25, 0.3) is 0 Å². The fraction of sp³-hybridized carbons (Fsp3) is 1.00. The molecular formula is C18H37NO2. The molecule has 1 aliphatic rings. The largest absolute Gasteiger partial charge is 0.382 e. The summed E-state index contributed by atoms with van der Waals surface area (Å²) in [6, 6.07) is 0. The lowest BCUT2D eigenvalue weighted by atomic mass is 9.62. The van der Waals surface area contributed by atoms with E-state index in [1.54, 1.807) is 7.11 Å². The van der Waals surface area contributed by atoms with Crippen LogP contribution < -0.4 is 5.32 Å². The number of ether oxygens (including phenoxy) is 2. The molecule has 126 valence electrons. The molecule has 0 atom stereocenters. The molecule has 3 heteroatoms. The molecule has 0 aromatic heterocycles. The van der Waals surface area contributed by atoms with Gasteiger partial charge in [0.1, 0.15) is 0 Å². The predicted octanol–water partition coefficient (Wildman–Crippen LogP) is 3.87. The van der Waals surface area contributed by atoms with Crippen LogP contribution in [0.3, 0.4) is 0 Å². The van der Waals surface area contributed by atoms with Crippen LogP contribution in [0.1, 0.15) is 59.3 Å². The number of hydrogen-bond acceptors (Lipinski definition) is 3. The van der Waals surface area contributed by atoms with Gasteiger partial charge in [-0.3, -0.25) is 0 Å². The summed E-state index contributed by atoms with van der Waals surface area (Å²) >= 11 is 0. The van der Waals surface area contributed by atoms with E-state index in [-0.39, 0.29) is 0 Å². The van der Waals surface area contributed by atoms with Crippen LogP contribution in [0.15, 0.2) is 0 Å². The number of hydrogen-bond donors (Lipinski definition) is 1. The Morgan fingerprint density at radius 2 is 1.76 bits per heavy atom. The Kier molecular flexibility index (Phi) is 8.22. The molecular weight excluding hydrogens is 262 g/mol. The summed E-state index contributed by atoms with van der Waals surface area (Å²) in [5.74, 6) is 0.889. The van der Waals surface area contributed by atoms with E-state index in [4.69, 9.17) is 9.47 Å². The van der Waals surface area contributed by atoms with E-state index < -0.39 is 0 Å². The van der Waals surface area contributed by atoms with Gasteiger partial charge < -0.3 is 14.8 Å². The maximum atomic E-state index is 5.62. The van der Waals surface area contributed by atoms with Gasteiger partial charge in [0.2, 0.25) is 0 Å². The summed E-state index contributed by atoms with van der Waals surface area (Å²) in [4.78, 5) is 0. The molecule has 0 amide bonds. The lowest BCUT2D eigenvalue weighted by molar-refractivity contribution is 0.0483. The minimum atomic E-state index is 0.467. The maximum absolute atomic E-state index is 5.62. The Morgan fingerprint density at radius 1 is 1.10 bits per heavy atom. The Hall–Kier alpha value is -0.120. The molecule has 0 saturated heterocycles. The van der Waals surface area contributed by atoms with Gasteiger partial charge in [-0.15, -0.1) is 0 Å². The van der Waals surface area contributed by atoms with Gasteiger partial charge in [0, 0.05) is 20.3 Å². The van der Waals surface area contributed by atoms with Crippen molar-refractivity contribution in [2.75, 3.05) is 40.5 Å². The van der Waals surface area contributed by atoms with Crippen molar-refractivity contribution in [1.29, 1.82) is 0 Å². The number of methoxy groups -OCH3 is 1. The van der Waals surface area contributed by atoms with Crippen LogP contribution in [0.4, 0.5) is 0 Å². The van der Waals surface area contributed by atoms with E-state index in [0.29, 0.717) is 17.4 Å². The first-order chi connectivity index (χ1) is 9.93. The molecule has 0 aromatic rings. The Balaban J connectivity index is 2.35. The van der Waals surface area contributed by atoms with Crippen LogP contribution in [-0.4, -0.2) is 40.5 Å².